The van der Waals surface area contributed by atoms with Crippen LogP contribution in [-0.4, -0.2) is 55.0 Å². The molecule has 0 aromatic carbocycles. The Balaban J connectivity index is 0.000000174. The summed E-state index contributed by atoms with van der Waals surface area (Å²) in [7, 11) is 1.00. The van der Waals surface area contributed by atoms with E-state index in [4.69, 9.17) is 14.6 Å². The summed E-state index contributed by atoms with van der Waals surface area (Å²) >= 11 is 0. The number of carbonyl (C=O) groups is 2. The Morgan fingerprint density at radius 1 is 0.556 bits per heavy atom. The predicted octanol–water partition coefficient (Wildman–Crippen LogP) is 15.1. The largest absolute Gasteiger partial charge is 0.400 e. The van der Waals surface area contributed by atoms with Crippen molar-refractivity contribution in [3.63, 3.8) is 0 Å². The van der Waals surface area contributed by atoms with E-state index in [0.717, 1.165) is 39.1 Å². The molecule has 6 nitrogen and oxygen atoms in total. The zero-order chi connectivity index (χ0) is 52.5. The van der Waals surface area contributed by atoms with E-state index >= 15 is 0 Å². The van der Waals surface area contributed by atoms with Gasteiger partial charge in [0.1, 0.15) is 0 Å². The normalized spacial score (nSPS) is 51.1. The second-order valence-corrected chi connectivity index (χ2v) is 29.9. The topological polar surface area (TPSA) is 93.1 Å². The number of hydrogen-bond donors (Lipinski definition) is 2. The van der Waals surface area contributed by atoms with Crippen LogP contribution in [0.3, 0.4) is 0 Å². The summed E-state index contributed by atoms with van der Waals surface area (Å²) in [5.41, 5.74) is 4.04. The van der Waals surface area contributed by atoms with Crippen LogP contribution in [0.25, 0.3) is 0 Å². The minimum absolute atomic E-state index is 0.00333. The average Bonchev–Trinajstić information content (AvgIpc) is 3.93. The van der Waals surface area contributed by atoms with E-state index in [1.807, 2.05) is 12.2 Å². The summed E-state index contributed by atoms with van der Waals surface area (Å²) < 4.78 is 12.6. The number of hydrogen-bond acceptors (Lipinski definition) is 6. The van der Waals surface area contributed by atoms with Crippen LogP contribution < -0.4 is 0 Å². The molecule has 2 N–H and O–H groups in total. The maximum absolute atomic E-state index is 13.0. The van der Waals surface area contributed by atoms with Crippen LogP contribution in [-0.2, 0) is 19.1 Å². The Bertz CT molecular complexity index is 2180. The smallest absolute Gasteiger partial charge is 0.161 e. The number of aliphatic hydroxyl groups excluding tert-OH is 2. The molecule has 0 aromatic rings. The molecule has 0 amide bonds. The van der Waals surface area contributed by atoms with E-state index in [0.29, 0.717) is 87.7 Å². The fourth-order valence-corrected chi connectivity index (χ4v) is 22.8. The maximum atomic E-state index is 13.0. The van der Waals surface area contributed by atoms with Gasteiger partial charge in [0.15, 0.2) is 17.9 Å². The maximum Gasteiger partial charge on any atom is 0.161 e. The van der Waals surface area contributed by atoms with Crippen molar-refractivity contribution in [1.82, 2.24) is 0 Å². The molecule has 11 rings (SSSR count). The Hall–Kier alpha value is -1.86. The quantitative estimate of drug-likeness (QED) is 0.258. The molecule has 6 heteroatoms. The number of ether oxygens (including phenoxy) is 2. The van der Waals surface area contributed by atoms with Crippen LogP contribution in [0.5, 0.6) is 0 Å². The van der Waals surface area contributed by atoms with Crippen LogP contribution in [0, 0.1) is 113 Å². The standard InChI is InChI=1S/C35H54O3.C30H46O2.CH4O/c1-23(2)24-13-18-35(22-38-29-10-8-9-21-37-29)20-19-33(6)25(30(24)35)11-12-27-32(5)16-15-28(36)31(3,4)26(32)14-17-34(27,33)7;1-19(2)20-10-15-30(18-31)17-16-28(6)21(25(20)30)8-9-23-27(5)13-12-24(32)26(3,4)22(27)11-14-29(23,28)7;1-2/h15-16,24-27,29-30H,1,8-14,17-22H2,2-7H3;12-13,20-23,25,31H,1,8-11,14-18H2,2-7H3;2H,1H3/t24-,25+,26-,27+,29?,30+,32-,33+,34+,35+;20-,21+,22-,23+,25+,27-,28+,29+,30+;/m00./s1. The molecule has 19 atom stereocenters. The molecule has 1 unspecified atom stereocenters. The molecule has 11 aliphatic rings. The zero-order valence-corrected chi connectivity index (χ0v) is 48.2. The third-order valence-electron chi connectivity index (χ3n) is 27.0. The molecule has 0 spiro atoms. The Kier molecular flexibility index (Phi) is 14.2. The van der Waals surface area contributed by atoms with E-state index in [-0.39, 0.29) is 44.2 Å². The van der Waals surface area contributed by atoms with E-state index in [9.17, 15) is 14.7 Å². The van der Waals surface area contributed by atoms with Crippen molar-refractivity contribution in [1.29, 1.82) is 0 Å². The van der Waals surface area contributed by atoms with E-state index in [1.54, 1.807) is 0 Å². The van der Waals surface area contributed by atoms with Crippen molar-refractivity contribution in [2.45, 2.75) is 211 Å². The molecule has 9 fully saturated rings. The fourth-order valence-electron chi connectivity index (χ4n) is 22.8. The van der Waals surface area contributed by atoms with Crippen LogP contribution in [0.2, 0.25) is 0 Å². The van der Waals surface area contributed by atoms with Gasteiger partial charge in [0.25, 0.3) is 0 Å². The van der Waals surface area contributed by atoms with Gasteiger partial charge in [-0.2, -0.15) is 0 Å². The second kappa shape index (κ2) is 18.7. The first-order chi connectivity index (χ1) is 33.8. The highest BCUT2D eigenvalue weighted by Gasteiger charge is 2.72. The van der Waals surface area contributed by atoms with Gasteiger partial charge in [0, 0.05) is 31.2 Å². The van der Waals surface area contributed by atoms with Crippen molar-refractivity contribution in [2.75, 3.05) is 26.9 Å². The second-order valence-electron chi connectivity index (χ2n) is 29.9. The summed E-state index contributed by atoms with van der Waals surface area (Å²) in [5, 5.41) is 17.6. The lowest BCUT2D eigenvalue weighted by molar-refractivity contribution is -0.235. The molecule has 0 radical (unpaired) electrons. The van der Waals surface area contributed by atoms with E-state index < -0.39 is 0 Å². The van der Waals surface area contributed by atoms with Crippen LogP contribution in [0.1, 0.15) is 205 Å². The van der Waals surface area contributed by atoms with Crippen molar-refractivity contribution >= 4 is 11.6 Å². The molecule has 8 saturated carbocycles. The van der Waals surface area contributed by atoms with Gasteiger partial charge in [-0.25, -0.2) is 0 Å². The number of aliphatic hydroxyl groups is 2. The Morgan fingerprint density at radius 3 is 1.43 bits per heavy atom. The molecule has 0 bridgehead atoms. The van der Waals surface area contributed by atoms with Gasteiger partial charge in [-0.15, -0.1) is 0 Å². The first-order valence-electron chi connectivity index (χ1n) is 29.8. The van der Waals surface area contributed by atoms with Crippen LogP contribution in [0.15, 0.2) is 48.6 Å². The van der Waals surface area contributed by atoms with Crippen molar-refractivity contribution in [3.8, 4) is 0 Å². The lowest BCUT2D eigenvalue weighted by atomic mass is 9.33. The van der Waals surface area contributed by atoms with Gasteiger partial charge in [0.05, 0.1) is 6.61 Å². The summed E-state index contributed by atoms with van der Waals surface area (Å²) in [6.07, 6.45) is 32.0. The van der Waals surface area contributed by atoms with E-state index in [1.165, 1.54) is 120 Å². The molecule has 1 aliphatic heterocycles. The summed E-state index contributed by atoms with van der Waals surface area (Å²) in [6, 6.07) is 0. The molecule has 1 heterocycles. The Morgan fingerprint density at radius 2 is 1.00 bits per heavy atom. The van der Waals surface area contributed by atoms with E-state index in [2.05, 4.69) is 108 Å². The SMILES string of the molecule is C=C(C)[C@@H]1CC[C@]2(CO)CC[C@]3(C)[C@H](CC[C@@H]4[C@@]5(C)C=CC(=O)C(C)(C)[C@@H]5CC[C@]43C)[C@@H]12.C=C(C)[C@@H]1CC[C@]2(COC3CCCCO3)CC[C@]3(C)[C@H](CC[C@@H]4[C@@]5(C)C=CC(=O)C(C)(C)[C@@H]5CC[C@]43C)[C@@H]12.CO. The highest BCUT2D eigenvalue weighted by atomic mass is 16.7. The van der Waals surface area contributed by atoms with Gasteiger partial charge in [0.2, 0.25) is 0 Å². The molecule has 1 saturated heterocycles. The van der Waals surface area contributed by atoms with Gasteiger partial charge in [-0.05, 0) is 250 Å². The average molecular weight is 994 g/mol. The van der Waals surface area contributed by atoms with Gasteiger partial charge in [-0.3, -0.25) is 9.59 Å². The fraction of sp³-hybridized carbons (Fsp3) is 0.848. The minimum atomic E-state index is -0.252. The molecule has 72 heavy (non-hydrogen) atoms. The van der Waals surface area contributed by atoms with Gasteiger partial charge >= 0.3 is 0 Å². The van der Waals surface area contributed by atoms with Crippen molar-refractivity contribution < 1.29 is 29.3 Å². The molecule has 0 aromatic heterocycles. The predicted molar refractivity (Wildman–Crippen MR) is 293 cm³/mol. The van der Waals surface area contributed by atoms with Crippen molar-refractivity contribution in [3.05, 3.63) is 48.6 Å². The van der Waals surface area contributed by atoms with Crippen LogP contribution >= 0.6 is 0 Å². The zero-order valence-electron chi connectivity index (χ0n) is 48.2. The van der Waals surface area contributed by atoms with Gasteiger partial charge < -0.3 is 19.7 Å². The first kappa shape index (κ1) is 54.9. The molecule has 10 aliphatic carbocycles. The minimum Gasteiger partial charge on any atom is -0.400 e. The summed E-state index contributed by atoms with van der Waals surface area (Å²) in [5.74, 6) is 6.68. The summed E-state index contributed by atoms with van der Waals surface area (Å²) in [6.45, 7) is 40.0. The lowest BCUT2D eigenvalue weighted by Gasteiger charge is -2.71. The highest BCUT2D eigenvalue weighted by Crippen LogP contribution is 2.79. The third kappa shape index (κ3) is 7.59. The number of rotatable bonds is 6. The third-order valence-corrected chi connectivity index (χ3v) is 27.0. The lowest BCUT2D eigenvalue weighted by Crippen LogP contribution is -2.65. The number of allylic oxidation sites excluding steroid dienone is 6. The van der Waals surface area contributed by atoms with Crippen molar-refractivity contribution in [2.24, 2.45) is 113 Å². The Labute approximate surface area is 439 Å². The highest BCUT2D eigenvalue weighted by molar-refractivity contribution is 5.96. The first-order valence-corrected chi connectivity index (χ1v) is 29.8. The number of ketones is 2. The molecule has 404 valence electrons. The van der Waals surface area contributed by atoms with Gasteiger partial charge in [-0.1, -0.05) is 106 Å². The van der Waals surface area contributed by atoms with Crippen LogP contribution in [0.4, 0.5) is 0 Å². The molecular weight excluding hydrogens is 889 g/mol. The summed E-state index contributed by atoms with van der Waals surface area (Å²) in [4.78, 5) is 25.8. The number of carbonyl (C=O) groups excluding carboxylic acids is 2. The molecular formula is C66H104O6. The monoisotopic (exact) mass is 993 g/mol. The number of fused-ring (bicyclic) bond motifs is 14.